The molecule has 1 aliphatic carbocycles. The number of ether oxygens (including phenoxy) is 2. The summed E-state index contributed by atoms with van der Waals surface area (Å²) in [6.07, 6.45) is 2.89. The van der Waals surface area contributed by atoms with Crippen molar-refractivity contribution in [3.05, 3.63) is 53.1 Å². The quantitative estimate of drug-likeness (QED) is 0.865. The highest BCUT2D eigenvalue weighted by Crippen LogP contribution is 2.33. The van der Waals surface area contributed by atoms with E-state index in [0.29, 0.717) is 29.3 Å². The molecule has 0 radical (unpaired) electrons. The van der Waals surface area contributed by atoms with Crippen LogP contribution >= 0.6 is 0 Å². The van der Waals surface area contributed by atoms with Crippen molar-refractivity contribution in [2.75, 3.05) is 26.1 Å². The Kier molecular flexibility index (Phi) is 4.94. The van der Waals surface area contributed by atoms with Crippen LogP contribution in [0.3, 0.4) is 0 Å². The summed E-state index contributed by atoms with van der Waals surface area (Å²) in [7, 11) is 3.09. The topological polar surface area (TPSA) is 67.9 Å². The van der Waals surface area contributed by atoms with E-state index in [-0.39, 0.29) is 17.7 Å². The number of nitrogens with one attached hydrogen (secondary N) is 1. The Hall–Kier alpha value is -3.02. The van der Waals surface area contributed by atoms with Crippen LogP contribution in [0.5, 0.6) is 11.5 Å². The van der Waals surface area contributed by atoms with Gasteiger partial charge in [0.1, 0.15) is 11.5 Å². The first kappa shape index (κ1) is 18.3. The van der Waals surface area contributed by atoms with Gasteiger partial charge < -0.3 is 19.7 Å². The molecule has 1 heterocycles. The molecule has 2 aliphatic rings. The van der Waals surface area contributed by atoms with Gasteiger partial charge in [0, 0.05) is 30.8 Å². The third kappa shape index (κ3) is 3.67. The second-order valence-corrected chi connectivity index (χ2v) is 7.29. The summed E-state index contributed by atoms with van der Waals surface area (Å²) in [4.78, 5) is 27.1. The van der Waals surface area contributed by atoms with E-state index in [1.165, 1.54) is 12.7 Å². The monoisotopic (exact) mass is 380 g/mol. The molecular formula is C22H24N2O4. The molecule has 0 atom stereocenters. The first-order valence-electron chi connectivity index (χ1n) is 9.53. The Morgan fingerprint density at radius 3 is 2.57 bits per heavy atom. The molecule has 4 rings (SSSR count). The molecule has 146 valence electrons. The number of amides is 2. The lowest BCUT2D eigenvalue weighted by Gasteiger charge is -2.29. The first-order chi connectivity index (χ1) is 13.6. The summed E-state index contributed by atoms with van der Waals surface area (Å²) in [6, 6.07) is 11.0. The van der Waals surface area contributed by atoms with E-state index < -0.39 is 0 Å². The molecule has 28 heavy (non-hydrogen) atoms. The van der Waals surface area contributed by atoms with E-state index in [2.05, 4.69) is 5.32 Å². The van der Waals surface area contributed by atoms with Crippen LogP contribution in [-0.2, 0) is 17.8 Å². The summed E-state index contributed by atoms with van der Waals surface area (Å²) in [5, 5.41) is 2.94. The molecule has 0 spiro atoms. The van der Waals surface area contributed by atoms with Crippen LogP contribution < -0.4 is 14.8 Å². The number of hydrogen-bond donors (Lipinski definition) is 1. The zero-order valence-electron chi connectivity index (χ0n) is 16.2. The molecule has 0 aromatic heterocycles. The molecular weight excluding hydrogens is 356 g/mol. The number of anilines is 1. The number of carbonyl (C=O) groups excluding carboxylic acids is 2. The Bertz CT molecular complexity index is 921. The van der Waals surface area contributed by atoms with Crippen LogP contribution in [-0.4, -0.2) is 37.5 Å². The van der Waals surface area contributed by atoms with Crippen LogP contribution in [0.15, 0.2) is 36.4 Å². The van der Waals surface area contributed by atoms with E-state index in [9.17, 15) is 9.59 Å². The van der Waals surface area contributed by atoms with Crippen molar-refractivity contribution >= 4 is 17.5 Å². The molecule has 1 aliphatic heterocycles. The summed E-state index contributed by atoms with van der Waals surface area (Å²) in [5.41, 5.74) is 3.48. The van der Waals surface area contributed by atoms with E-state index >= 15 is 0 Å². The number of nitrogens with zero attached hydrogens (tertiary/aromatic N) is 1. The van der Waals surface area contributed by atoms with Crippen molar-refractivity contribution in [2.45, 2.75) is 25.8 Å². The molecule has 6 heteroatoms. The second kappa shape index (κ2) is 7.54. The number of fused-ring (bicyclic) bond motifs is 1. The van der Waals surface area contributed by atoms with Crippen LogP contribution in [0.25, 0.3) is 0 Å². The molecule has 1 N–H and O–H groups in total. The zero-order chi connectivity index (χ0) is 19.7. The van der Waals surface area contributed by atoms with Crippen molar-refractivity contribution in [1.29, 1.82) is 0 Å². The fourth-order valence-corrected chi connectivity index (χ4v) is 3.60. The van der Waals surface area contributed by atoms with Gasteiger partial charge in [-0.2, -0.15) is 0 Å². The number of hydrogen-bond acceptors (Lipinski definition) is 4. The van der Waals surface area contributed by atoms with Gasteiger partial charge in [0.2, 0.25) is 5.91 Å². The van der Waals surface area contributed by atoms with Crippen molar-refractivity contribution in [3.63, 3.8) is 0 Å². The molecule has 2 aromatic rings. The van der Waals surface area contributed by atoms with Gasteiger partial charge in [0.25, 0.3) is 5.91 Å². The van der Waals surface area contributed by atoms with E-state index in [1.807, 2.05) is 23.1 Å². The third-order valence-electron chi connectivity index (χ3n) is 5.37. The van der Waals surface area contributed by atoms with E-state index in [1.54, 1.807) is 25.3 Å². The predicted octanol–water partition coefficient (Wildman–Crippen LogP) is 3.25. The minimum atomic E-state index is -0.249. The van der Waals surface area contributed by atoms with Crippen molar-refractivity contribution in [2.24, 2.45) is 5.92 Å². The van der Waals surface area contributed by atoms with Gasteiger partial charge in [0.05, 0.1) is 19.8 Å². The number of rotatable bonds is 5. The molecule has 0 saturated heterocycles. The molecule has 1 fully saturated rings. The minimum absolute atomic E-state index is 0.229. The fraction of sp³-hybridized carbons (Fsp3) is 0.364. The van der Waals surface area contributed by atoms with Gasteiger partial charge in [-0.15, -0.1) is 0 Å². The zero-order valence-corrected chi connectivity index (χ0v) is 16.2. The highest BCUT2D eigenvalue weighted by Gasteiger charge is 2.34. The Morgan fingerprint density at radius 1 is 1.04 bits per heavy atom. The first-order valence-corrected chi connectivity index (χ1v) is 9.53. The van der Waals surface area contributed by atoms with Crippen molar-refractivity contribution in [1.82, 2.24) is 4.90 Å². The number of carbonyl (C=O) groups is 2. The van der Waals surface area contributed by atoms with Gasteiger partial charge in [-0.05, 0) is 54.7 Å². The molecule has 6 nitrogen and oxygen atoms in total. The SMILES string of the molecule is COc1ccc(C(=O)Nc2ccc3c(c2)CN(C(=O)C2CC2)CC3)c(OC)c1. The summed E-state index contributed by atoms with van der Waals surface area (Å²) in [5.74, 6) is 1.33. The standard InChI is InChI=1S/C22H24N2O4/c1-27-18-7-8-19(20(12-18)28-2)21(25)23-17-6-5-14-9-10-24(13-16(14)11-17)22(26)15-3-4-15/h5-8,11-12,15H,3-4,9-10,13H2,1-2H3,(H,23,25). The molecule has 2 aromatic carbocycles. The Balaban J connectivity index is 1.51. The van der Waals surface area contributed by atoms with E-state index in [4.69, 9.17) is 9.47 Å². The normalized spacial score (nSPS) is 15.6. The second-order valence-electron chi connectivity index (χ2n) is 7.29. The molecule has 2 amide bonds. The number of benzene rings is 2. The van der Waals surface area contributed by atoms with Crippen LogP contribution in [0.1, 0.15) is 34.3 Å². The van der Waals surface area contributed by atoms with E-state index in [0.717, 1.165) is 31.4 Å². The van der Waals surface area contributed by atoms with Crippen molar-refractivity contribution in [3.8, 4) is 11.5 Å². The third-order valence-corrected chi connectivity index (χ3v) is 5.37. The maximum Gasteiger partial charge on any atom is 0.259 e. The lowest BCUT2D eigenvalue weighted by Crippen LogP contribution is -2.36. The lowest BCUT2D eigenvalue weighted by atomic mass is 9.98. The lowest BCUT2D eigenvalue weighted by molar-refractivity contribution is -0.133. The minimum Gasteiger partial charge on any atom is -0.497 e. The molecule has 0 bridgehead atoms. The summed E-state index contributed by atoms with van der Waals surface area (Å²) < 4.78 is 10.5. The molecule has 0 unspecified atom stereocenters. The van der Waals surface area contributed by atoms with Crippen molar-refractivity contribution < 1.29 is 19.1 Å². The summed E-state index contributed by atoms with van der Waals surface area (Å²) in [6.45, 7) is 1.39. The Labute approximate surface area is 164 Å². The smallest absolute Gasteiger partial charge is 0.259 e. The maximum atomic E-state index is 12.7. The van der Waals surface area contributed by atoms with Gasteiger partial charge in [0.15, 0.2) is 0 Å². The van der Waals surface area contributed by atoms with Crippen LogP contribution in [0.2, 0.25) is 0 Å². The summed E-state index contributed by atoms with van der Waals surface area (Å²) >= 11 is 0. The molecule has 1 saturated carbocycles. The predicted molar refractivity (Wildman–Crippen MR) is 106 cm³/mol. The number of methoxy groups -OCH3 is 2. The fourth-order valence-electron chi connectivity index (χ4n) is 3.60. The highest BCUT2D eigenvalue weighted by atomic mass is 16.5. The van der Waals surface area contributed by atoms with Gasteiger partial charge in [-0.1, -0.05) is 6.07 Å². The average molecular weight is 380 g/mol. The van der Waals surface area contributed by atoms with Gasteiger partial charge in [-0.25, -0.2) is 0 Å². The highest BCUT2D eigenvalue weighted by molar-refractivity contribution is 6.06. The van der Waals surface area contributed by atoms with Crippen LogP contribution in [0, 0.1) is 5.92 Å². The van der Waals surface area contributed by atoms with Gasteiger partial charge in [-0.3, -0.25) is 9.59 Å². The van der Waals surface area contributed by atoms with Crippen LogP contribution in [0.4, 0.5) is 5.69 Å². The average Bonchev–Trinajstić information content (AvgIpc) is 3.57. The largest absolute Gasteiger partial charge is 0.497 e. The Morgan fingerprint density at radius 2 is 1.86 bits per heavy atom. The van der Waals surface area contributed by atoms with Gasteiger partial charge >= 0.3 is 0 Å². The maximum absolute atomic E-state index is 12.7.